The molecule has 5 heteroatoms. The zero-order valence-corrected chi connectivity index (χ0v) is 16.4. The first kappa shape index (κ1) is 19.4. The van der Waals surface area contributed by atoms with Crippen LogP contribution in [0.4, 0.5) is 0 Å². The maximum absolute atomic E-state index is 12.5. The average molecular weight is 352 g/mol. The van der Waals surface area contributed by atoms with Crippen molar-refractivity contribution in [1.82, 2.24) is 9.62 Å². The molecule has 1 fully saturated rings. The Labute approximate surface area is 147 Å². The summed E-state index contributed by atoms with van der Waals surface area (Å²) in [6, 6.07) is 10.7. The number of rotatable bonds is 5. The van der Waals surface area contributed by atoms with Crippen LogP contribution in [0.2, 0.25) is 0 Å². The first-order valence-electron chi connectivity index (χ1n) is 8.70. The summed E-state index contributed by atoms with van der Waals surface area (Å²) in [5.74, 6) is 1.38. The molecule has 24 heavy (non-hydrogen) atoms. The fourth-order valence-electron chi connectivity index (χ4n) is 3.13. The summed E-state index contributed by atoms with van der Waals surface area (Å²) < 4.78 is 27.2. The van der Waals surface area contributed by atoms with Crippen molar-refractivity contribution in [3.63, 3.8) is 0 Å². The lowest BCUT2D eigenvalue weighted by Crippen LogP contribution is -2.50. The minimum absolute atomic E-state index is 0.00663. The standard InChI is InChI=1S/C19H31N2O2S/c1-15(2)14-21-12-11-17(20-24(22,23)19(3,4)5)13-18(21)16-9-7-6-8-10-16/h6-10,17-18,20H,11-14H2,1-5H3. The molecule has 1 aliphatic rings. The van der Waals surface area contributed by atoms with Gasteiger partial charge in [0, 0.05) is 25.2 Å². The van der Waals surface area contributed by atoms with Crippen LogP contribution in [0.25, 0.3) is 0 Å². The second kappa shape index (κ2) is 7.54. The summed E-state index contributed by atoms with van der Waals surface area (Å²) in [7, 11) is -3.32. The maximum Gasteiger partial charge on any atom is 0.216 e. The lowest BCUT2D eigenvalue weighted by Gasteiger charge is -2.41. The number of hydrogen-bond acceptors (Lipinski definition) is 3. The molecule has 0 amide bonds. The molecule has 2 atom stereocenters. The Balaban J connectivity index is 2.17. The highest BCUT2D eigenvalue weighted by molar-refractivity contribution is 7.90. The molecular weight excluding hydrogens is 320 g/mol. The lowest BCUT2D eigenvalue weighted by atomic mass is 9.91. The van der Waals surface area contributed by atoms with Gasteiger partial charge >= 0.3 is 0 Å². The van der Waals surface area contributed by atoms with E-state index in [4.69, 9.17) is 0 Å². The molecule has 4 nitrogen and oxygen atoms in total. The van der Waals surface area contributed by atoms with Crippen molar-refractivity contribution >= 4 is 10.0 Å². The molecule has 2 unspecified atom stereocenters. The fraction of sp³-hybridized carbons (Fsp3) is 0.632. The van der Waals surface area contributed by atoms with E-state index in [1.165, 1.54) is 11.5 Å². The summed E-state index contributed by atoms with van der Waals surface area (Å²) in [4.78, 5) is 2.46. The van der Waals surface area contributed by atoms with E-state index in [-0.39, 0.29) is 12.1 Å². The Bertz CT molecular complexity index is 621. The molecule has 135 valence electrons. The van der Waals surface area contributed by atoms with Crippen LogP contribution in [0.3, 0.4) is 0 Å². The van der Waals surface area contributed by atoms with Gasteiger partial charge < -0.3 is 0 Å². The Kier molecular flexibility index (Phi) is 6.10. The molecular formula is C19H31N2O2S. The number of benzene rings is 1. The number of nitrogens with zero attached hydrogens (tertiary/aromatic N) is 1. The van der Waals surface area contributed by atoms with Gasteiger partial charge in [-0.25, -0.2) is 13.1 Å². The number of likely N-dealkylation sites (tertiary alicyclic amines) is 1. The van der Waals surface area contributed by atoms with Crippen LogP contribution < -0.4 is 4.72 Å². The second-order valence-electron chi connectivity index (χ2n) is 8.06. The van der Waals surface area contributed by atoms with E-state index in [0.717, 1.165) is 25.9 Å². The van der Waals surface area contributed by atoms with Crippen molar-refractivity contribution in [2.45, 2.75) is 64.3 Å². The quantitative estimate of drug-likeness (QED) is 0.883. The first-order valence-corrected chi connectivity index (χ1v) is 10.2. The van der Waals surface area contributed by atoms with Crippen LogP contribution in [0.1, 0.15) is 59.1 Å². The second-order valence-corrected chi connectivity index (χ2v) is 10.5. The van der Waals surface area contributed by atoms with E-state index in [2.05, 4.69) is 47.7 Å². The van der Waals surface area contributed by atoms with E-state index in [9.17, 15) is 8.42 Å². The molecule has 1 heterocycles. The Hall–Kier alpha value is -0.910. The molecule has 1 saturated heterocycles. The van der Waals surface area contributed by atoms with Gasteiger partial charge in [0.15, 0.2) is 0 Å². The zero-order valence-electron chi connectivity index (χ0n) is 15.5. The minimum atomic E-state index is -3.32. The smallest absolute Gasteiger partial charge is 0.216 e. The van der Waals surface area contributed by atoms with Crippen LogP contribution in [0, 0.1) is 5.92 Å². The maximum atomic E-state index is 12.5. The van der Waals surface area contributed by atoms with Crippen LogP contribution in [-0.4, -0.2) is 37.2 Å². The monoisotopic (exact) mass is 351 g/mol. The summed E-state index contributed by atoms with van der Waals surface area (Å²) in [6.45, 7) is 11.4. The largest absolute Gasteiger partial charge is 0.296 e. The number of nitrogens with one attached hydrogen (secondary N) is 1. The van der Waals surface area contributed by atoms with Crippen molar-refractivity contribution in [3.8, 4) is 0 Å². The average Bonchev–Trinajstić information content (AvgIpc) is 2.48. The zero-order chi connectivity index (χ0) is 18.0. The first-order chi connectivity index (χ1) is 11.1. The van der Waals surface area contributed by atoms with E-state index in [1.807, 2.05) is 6.07 Å². The highest BCUT2D eigenvalue weighted by atomic mass is 32.2. The van der Waals surface area contributed by atoms with Gasteiger partial charge in [0.25, 0.3) is 0 Å². The Morgan fingerprint density at radius 2 is 1.83 bits per heavy atom. The molecule has 0 aliphatic carbocycles. The molecule has 1 N–H and O–H groups in total. The molecule has 2 rings (SSSR count). The van der Waals surface area contributed by atoms with Crippen molar-refractivity contribution in [2.24, 2.45) is 0 Å². The van der Waals surface area contributed by atoms with Gasteiger partial charge in [-0.15, -0.1) is 0 Å². The predicted octanol–water partition coefficient (Wildman–Crippen LogP) is 3.52. The SMILES string of the molecule is C[C](C)CN1CCC(NS(=O)(=O)C(C)(C)C)CC1c1ccccc1. The Morgan fingerprint density at radius 1 is 1.21 bits per heavy atom. The van der Waals surface area contributed by atoms with Crippen molar-refractivity contribution in [2.75, 3.05) is 13.1 Å². The summed E-state index contributed by atoms with van der Waals surface area (Å²) >= 11 is 0. The van der Waals surface area contributed by atoms with Crippen LogP contribution in [0.15, 0.2) is 30.3 Å². The Morgan fingerprint density at radius 3 is 2.38 bits per heavy atom. The summed E-state index contributed by atoms with van der Waals surface area (Å²) in [5.41, 5.74) is 1.26. The normalized spacial score (nSPS) is 23.6. The van der Waals surface area contributed by atoms with E-state index in [1.54, 1.807) is 20.8 Å². The molecule has 0 spiro atoms. The number of piperidine rings is 1. The van der Waals surface area contributed by atoms with Crippen molar-refractivity contribution < 1.29 is 8.42 Å². The van der Waals surface area contributed by atoms with Gasteiger partial charge in [0.2, 0.25) is 10.0 Å². The summed E-state index contributed by atoms with van der Waals surface area (Å²) in [5, 5.41) is 0. The topological polar surface area (TPSA) is 49.4 Å². The van der Waals surface area contributed by atoms with E-state index >= 15 is 0 Å². The van der Waals surface area contributed by atoms with Crippen LogP contribution in [-0.2, 0) is 10.0 Å². The van der Waals surface area contributed by atoms with Crippen molar-refractivity contribution in [3.05, 3.63) is 41.8 Å². The molecule has 1 aliphatic heterocycles. The highest BCUT2D eigenvalue weighted by Gasteiger charge is 2.35. The molecule has 0 saturated carbocycles. The van der Waals surface area contributed by atoms with Gasteiger partial charge in [-0.3, -0.25) is 4.90 Å². The van der Waals surface area contributed by atoms with Gasteiger partial charge in [-0.1, -0.05) is 44.2 Å². The third-order valence-electron chi connectivity index (χ3n) is 4.54. The van der Waals surface area contributed by atoms with Gasteiger partial charge in [0.1, 0.15) is 0 Å². The van der Waals surface area contributed by atoms with E-state index in [0.29, 0.717) is 0 Å². The van der Waals surface area contributed by atoms with Crippen LogP contribution >= 0.6 is 0 Å². The number of sulfonamides is 1. The molecule has 1 aromatic carbocycles. The third kappa shape index (κ3) is 4.80. The molecule has 0 aromatic heterocycles. The summed E-state index contributed by atoms with van der Waals surface area (Å²) in [6.07, 6.45) is 1.67. The molecule has 1 aromatic rings. The van der Waals surface area contributed by atoms with Crippen LogP contribution in [0.5, 0.6) is 0 Å². The third-order valence-corrected chi connectivity index (χ3v) is 6.80. The van der Waals surface area contributed by atoms with Gasteiger partial charge in [-0.05, 0) is 45.1 Å². The van der Waals surface area contributed by atoms with Crippen molar-refractivity contribution in [1.29, 1.82) is 0 Å². The molecule has 0 bridgehead atoms. The fourth-order valence-corrected chi connectivity index (χ4v) is 4.14. The molecule has 1 radical (unpaired) electrons. The highest BCUT2D eigenvalue weighted by Crippen LogP contribution is 2.32. The minimum Gasteiger partial charge on any atom is -0.296 e. The predicted molar refractivity (Wildman–Crippen MR) is 100 cm³/mol. The van der Waals surface area contributed by atoms with Gasteiger partial charge in [-0.2, -0.15) is 0 Å². The van der Waals surface area contributed by atoms with Gasteiger partial charge in [0.05, 0.1) is 4.75 Å². The lowest BCUT2D eigenvalue weighted by molar-refractivity contribution is 0.137. The number of hydrogen-bond donors (Lipinski definition) is 1. The van der Waals surface area contributed by atoms with E-state index < -0.39 is 14.8 Å².